The summed E-state index contributed by atoms with van der Waals surface area (Å²) in [6.07, 6.45) is 1.94. The van der Waals surface area contributed by atoms with Gasteiger partial charge in [-0.3, -0.25) is 14.5 Å². The van der Waals surface area contributed by atoms with Crippen LogP contribution in [-0.4, -0.2) is 65.3 Å². The molecule has 0 bridgehead atoms. The van der Waals surface area contributed by atoms with Crippen molar-refractivity contribution in [1.82, 2.24) is 14.7 Å². The minimum absolute atomic E-state index is 0.0150. The topological polar surface area (TPSA) is 43.9 Å². The zero-order valence-corrected chi connectivity index (χ0v) is 22.3. The second-order valence-electron chi connectivity index (χ2n) is 10.1. The van der Waals surface area contributed by atoms with Crippen molar-refractivity contribution in [2.24, 2.45) is 0 Å². The van der Waals surface area contributed by atoms with Crippen LogP contribution in [0.25, 0.3) is 0 Å². The van der Waals surface area contributed by atoms with E-state index in [4.69, 9.17) is 0 Å². The zero-order chi connectivity index (χ0) is 25.2. The maximum atomic E-state index is 13.5. The molecule has 1 aromatic heterocycles. The zero-order valence-electron chi connectivity index (χ0n) is 21.4. The Hall–Kier alpha value is -2.96. The first-order valence-electron chi connectivity index (χ1n) is 13.0. The van der Waals surface area contributed by atoms with Gasteiger partial charge in [-0.1, -0.05) is 48.9 Å². The Morgan fingerprint density at radius 2 is 1.72 bits per heavy atom. The van der Waals surface area contributed by atoms with E-state index in [0.29, 0.717) is 26.2 Å². The highest BCUT2D eigenvalue weighted by atomic mass is 32.1. The van der Waals surface area contributed by atoms with E-state index >= 15 is 0 Å². The number of nitrogens with zero attached hydrogens (tertiary/aromatic N) is 3. The maximum absolute atomic E-state index is 13.5. The standard InChI is InChI=1S/C30H35N3O2S/c1-4-23-7-11-25(12-8-23)30(35)33-17-16-31(19-22(33)3)28(34)20-32-15-13-27-26(14-18-36-27)29(32)24-9-5-21(2)6-10-24/h5-12,14,18,22,29H,4,13,15-17,19-20H2,1-3H3/t22-,29-/m1/s1. The minimum Gasteiger partial charge on any atom is -0.338 e. The van der Waals surface area contributed by atoms with E-state index in [9.17, 15) is 9.59 Å². The third-order valence-electron chi connectivity index (χ3n) is 7.65. The van der Waals surface area contributed by atoms with Crippen molar-refractivity contribution >= 4 is 23.2 Å². The molecule has 36 heavy (non-hydrogen) atoms. The summed E-state index contributed by atoms with van der Waals surface area (Å²) in [6, 6.07) is 18.9. The Labute approximate surface area is 218 Å². The van der Waals surface area contributed by atoms with Gasteiger partial charge < -0.3 is 9.80 Å². The van der Waals surface area contributed by atoms with Gasteiger partial charge in [0.15, 0.2) is 0 Å². The predicted octanol–water partition coefficient (Wildman–Crippen LogP) is 4.94. The summed E-state index contributed by atoms with van der Waals surface area (Å²) < 4.78 is 0. The highest BCUT2D eigenvalue weighted by molar-refractivity contribution is 7.10. The van der Waals surface area contributed by atoms with Crippen LogP contribution in [-0.2, 0) is 17.6 Å². The summed E-state index contributed by atoms with van der Waals surface area (Å²) in [7, 11) is 0. The van der Waals surface area contributed by atoms with Gasteiger partial charge in [-0.15, -0.1) is 11.3 Å². The molecule has 2 aliphatic heterocycles. The molecule has 1 fully saturated rings. The van der Waals surface area contributed by atoms with Crippen LogP contribution < -0.4 is 0 Å². The van der Waals surface area contributed by atoms with Gasteiger partial charge >= 0.3 is 0 Å². The largest absolute Gasteiger partial charge is 0.338 e. The Morgan fingerprint density at radius 1 is 0.972 bits per heavy atom. The van der Waals surface area contributed by atoms with E-state index in [-0.39, 0.29) is 23.9 Å². The fourth-order valence-corrected chi connectivity index (χ4v) is 6.39. The molecule has 2 amide bonds. The first kappa shape index (κ1) is 24.7. The fourth-order valence-electron chi connectivity index (χ4n) is 5.49. The number of carbonyl (C=O) groups is 2. The molecule has 0 saturated carbocycles. The molecule has 2 aromatic carbocycles. The normalized spacial score (nSPS) is 20.3. The number of hydrogen-bond donors (Lipinski definition) is 0. The summed E-state index contributed by atoms with van der Waals surface area (Å²) in [6.45, 7) is 9.25. The van der Waals surface area contributed by atoms with E-state index in [1.165, 1.54) is 27.1 Å². The number of piperazine rings is 1. The number of benzene rings is 2. The van der Waals surface area contributed by atoms with Crippen molar-refractivity contribution in [3.05, 3.63) is 92.7 Å². The Balaban J connectivity index is 1.26. The lowest BCUT2D eigenvalue weighted by atomic mass is 9.92. The molecule has 188 valence electrons. The number of thiophene rings is 1. The van der Waals surface area contributed by atoms with E-state index in [0.717, 1.165) is 24.9 Å². The van der Waals surface area contributed by atoms with E-state index < -0.39 is 0 Å². The number of fused-ring (bicyclic) bond motifs is 1. The van der Waals surface area contributed by atoms with Crippen LogP contribution in [0.5, 0.6) is 0 Å². The molecule has 5 nitrogen and oxygen atoms in total. The van der Waals surface area contributed by atoms with Crippen LogP contribution in [0.2, 0.25) is 0 Å². The molecule has 0 unspecified atom stereocenters. The quantitative estimate of drug-likeness (QED) is 0.498. The smallest absolute Gasteiger partial charge is 0.254 e. The molecule has 0 radical (unpaired) electrons. The number of hydrogen-bond acceptors (Lipinski definition) is 4. The molecule has 2 aliphatic rings. The lowest BCUT2D eigenvalue weighted by molar-refractivity contribution is -0.135. The van der Waals surface area contributed by atoms with Crippen LogP contribution in [0.1, 0.15) is 57.4 Å². The van der Waals surface area contributed by atoms with Crippen LogP contribution in [0.15, 0.2) is 60.0 Å². The molecule has 3 heterocycles. The molecule has 2 atom stereocenters. The van der Waals surface area contributed by atoms with Crippen molar-refractivity contribution < 1.29 is 9.59 Å². The number of aryl methyl sites for hydroxylation is 2. The third-order valence-corrected chi connectivity index (χ3v) is 8.64. The van der Waals surface area contributed by atoms with Crippen molar-refractivity contribution in [3.8, 4) is 0 Å². The first-order chi connectivity index (χ1) is 17.4. The molecule has 1 saturated heterocycles. The van der Waals surface area contributed by atoms with Gasteiger partial charge in [0.25, 0.3) is 5.91 Å². The highest BCUT2D eigenvalue weighted by Crippen LogP contribution is 2.37. The van der Waals surface area contributed by atoms with Crippen molar-refractivity contribution in [1.29, 1.82) is 0 Å². The van der Waals surface area contributed by atoms with Crippen molar-refractivity contribution in [2.75, 3.05) is 32.7 Å². The Kier molecular flexibility index (Phi) is 7.26. The fraction of sp³-hybridized carbons (Fsp3) is 0.400. The maximum Gasteiger partial charge on any atom is 0.254 e. The van der Waals surface area contributed by atoms with E-state index in [2.05, 4.69) is 54.5 Å². The summed E-state index contributed by atoms with van der Waals surface area (Å²) in [5, 5.41) is 2.17. The Morgan fingerprint density at radius 3 is 2.42 bits per heavy atom. The monoisotopic (exact) mass is 501 g/mol. The average molecular weight is 502 g/mol. The molecule has 5 rings (SSSR count). The Bertz CT molecular complexity index is 1220. The second-order valence-corrected chi connectivity index (χ2v) is 11.1. The molecule has 0 N–H and O–H groups in total. The first-order valence-corrected chi connectivity index (χ1v) is 13.9. The lowest BCUT2D eigenvalue weighted by Gasteiger charge is -2.42. The molecule has 0 spiro atoms. The summed E-state index contributed by atoms with van der Waals surface area (Å²) in [5.74, 6) is 0.203. The van der Waals surface area contributed by atoms with E-state index in [1.807, 2.05) is 52.3 Å². The van der Waals surface area contributed by atoms with Gasteiger partial charge in [0.2, 0.25) is 5.91 Å². The molecule has 3 aromatic rings. The number of amides is 2. The number of rotatable bonds is 5. The molecule has 6 heteroatoms. The summed E-state index contributed by atoms with van der Waals surface area (Å²) >= 11 is 1.82. The van der Waals surface area contributed by atoms with Gasteiger partial charge in [-0.05, 0) is 67.0 Å². The van der Waals surface area contributed by atoms with Crippen LogP contribution in [0.4, 0.5) is 0 Å². The SMILES string of the molecule is CCc1ccc(C(=O)N2CCN(C(=O)CN3CCc4sccc4[C@H]3c3ccc(C)cc3)C[C@H]2C)cc1. The van der Waals surface area contributed by atoms with Crippen LogP contribution >= 0.6 is 11.3 Å². The summed E-state index contributed by atoms with van der Waals surface area (Å²) in [5.41, 5.74) is 5.77. The average Bonchev–Trinajstić information content (AvgIpc) is 3.38. The van der Waals surface area contributed by atoms with Crippen LogP contribution in [0.3, 0.4) is 0 Å². The third kappa shape index (κ3) is 4.97. The molecule has 0 aliphatic carbocycles. The van der Waals surface area contributed by atoms with Gasteiger partial charge in [-0.25, -0.2) is 0 Å². The summed E-state index contributed by atoms with van der Waals surface area (Å²) in [4.78, 5) is 34.3. The lowest BCUT2D eigenvalue weighted by Crippen LogP contribution is -2.57. The second kappa shape index (κ2) is 10.6. The molecular weight excluding hydrogens is 466 g/mol. The van der Waals surface area contributed by atoms with Crippen molar-refractivity contribution in [2.45, 2.75) is 45.7 Å². The highest BCUT2D eigenvalue weighted by Gasteiger charge is 2.34. The van der Waals surface area contributed by atoms with E-state index in [1.54, 1.807) is 0 Å². The predicted molar refractivity (Wildman–Crippen MR) is 146 cm³/mol. The van der Waals surface area contributed by atoms with Gasteiger partial charge in [0.05, 0.1) is 12.6 Å². The van der Waals surface area contributed by atoms with Crippen molar-refractivity contribution in [3.63, 3.8) is 0 Å². The number of carbonyl (C=O) groups excluding carboxylic acids is 2. The van der Waals surface area contributed by atoms with Crippen LogP contribution in [0, 0.1) is 6.92 Å². The van der Waals surface area contributed by atoms with Gasteiger partial charge in [-0.2, -0.15) is 0 Å². The van der Waals surface area contributed by atoms with Gasteiger partial charge in [0.1, 0.15) is 0 Å². The van der Waals surface area contributed by atoms with Gasteiger partial charge in [0, 0.05) is 42.7 Å². The minimum atomic E-state index is -0.0150. The molecular formula is C30H35N3O2S.